The van der Waals surface area contributed by atoms with Crippen molar-refractivity contribution in [2.75, 3.05) is 5.75 Å². The maximum absolute atomic E-state index is 5.12. The molecule has 2 rings (SSSR count). The first-order chi connectivity index (χ1) is 8.13. The Morgan fingerprint density at radius 3 is 3.12 bits per heavy atom. The average Bonchev–Trinajstić information content (AvgIpc) is 2.84. The van der Waals surface area contributed by atoms with E-state index in [1.807, 2.05) is 13.0 Å². The molecule has 1 atom stereocenters. The van der Waals surface area contributed by atoms with Crippen LogP contribution in [0.4, 0.5) is 0 Å². The SMILES string of the molecule is Cc1cc(CN=C2NC(CC(C)C)CS2)on1. The topological polar surface area (TPSA) is 50.4 Å². The van der Waals surface area contributed by atoms with E-state index in [2.05, 4.69) is 29.3 Å². The molecular formula is C12H19N3OS. The molecule has 2 heterocycles. The highest BCUT2D eigenvalue weighted by Gasteiger charge is 2.20. The number of rotatable bonds is 4. The van der Waals surface area contributed by atoms with E-state index in [4.69, 9.17) is 4.52 Å². The zero-order valence-corrected chi connectivity index (χ0v) is 11.4. The van der Waals surface area contributed by atoms with Gasteiger partial charge in [-0.3, -0.25) is 4.99 Å². The monoisotopic (exact) mass is 253 g/mol. The molecule has 0 bridgehead atoms. The van der Waals surface area contributed by atoms with Gasteiger partial charge in [-0.25, -0.2) is 0 Å². The minimum absolute atomic E-state index is 0.565. The van der Waals surface area contributed by atoms with E-state index in [1.54, 1.807) is 11.8 Å². The van der Waals surface area contributed by atoms with Crippen molar-refractivity contribution >= 4 is 16.9 Å². The highest BCUT2D eigenvalue weighted by atomic mass is 32.2. The fourth-order valence-corrected chi connectivity index (χ4v) is 2.85. The first-order valence-electron chi connectivity index (χ1n) is 5.99. The van der Waals surface area contributed by atoms with Crippen LogP contribution in [0, 0.1) is 12.8 Å². The van der Waals surface area contributed by atoms with Crippen LogP contribution in [0.1, 0.15) is 31.7 Å². The van der Waals surface area contributed by atoms with Gasteiger partial charge in [-0.2, -0.15) is 0 Å². The van der Waals surface area contributed by atoms with E-state index in [9.17, 15) is 0 Å². The van der Waals surface area contributed by atoms with Gasteiger partial charge >= 0.3 is 0 Å². The zero-order valence-electron chi connectivity index (χ0n) is 10.6. The second kappa shape index (κ2) is 5.58. The third kappa shape index (κ3) is 3.77. The smallest absolute Gasteiger partial charge is 0.158 e. The standard InChI is InChI=1S/C12H19N3OS/c1-8(2)4-10-7-17-12(14-10)13-6-11-5-9(3)15-16-11/h5,8,10H,4,6-7H2,1-3H3,(H,13,14). The summed E-state index contributed by atoms with van der Waals surface area (Å²) in [5.74, 6) is 2.67. The summed E-state index contributed by atoms with van der Waals surface area (Å²) < 4.78 is 5.12. The predicted octanol–water partition coefficient (Wildman–Crippen LogP) is 2.59. The van der Waals surface area contributed by atoms with Crippen molar-refractivity contribution in [1.29, 1.82) is 0 Å². The van der Waals surface area contributed by atoms with Gasteiger partial charge in [0.15, 0.2) is 10.9 Å². The molecule has 1 unspecified atom stereocenters. The van der Waals surface area contributed by atoms with Gasteiger partial charge in [-0.1, -0.05) is 30.8 Å². The highest BCUT2D eigenvalue weighted by molar-refractivity contribution is 8.14. The second-order valence-corrected chi connectivity index (χ2v) is 5.85. The summed E-state index contributed by atoms with van der Waals surface area (Å²) in [5, 5.41) is 8.33. The van der Waals surface area contributed by atoms with E-state index in [1.165, 1.54) is 6.42 Å². The van der Waals surface area contributed by atoms with Crippen molar-refractivity contribution in [3.8, 4) is 0 Å². The summed E-state index contributed by atoms with van der Waals surface area (Å²) in [4.78, 5) is 4.50. The molecule has 17 heavy (non-hydrogen) atoms. The van der Waals surface area contributed by atoms with Crippen molar-refractivity contribution in [1.82, 2.24) is 10.5 Å². The van der Waals surface area contributed by atoms with E-state index in [0.717, 1.165) is 28.3 Å². The molecule has 1 aliphatic heterocycles. The molecule has 0 saturated carbocycles. The molecule has 4 nitrogen and oxygen atoms in total. The first-order valence-corrected chi connectivity index (χ1v) is 6.98. The minimum Gasteiger partial charge on any atom is -0.361 e. The molecule has 0 amide bonds. The third-order valence-corrected chi connectivity index (χ3v) is 3.65. The van der Waals surface area contributed by atoms with E-state index in [0.29, 0.717) is 12.6 Å². The summed E-state index contributed by atoms with van der Waals surface area (Å²) in [6.07, 6.45) is 1.20. The molecule has 1 saturated heterocycles. The number of hydrogen-bond acceptors (Lipinski definition) is 4. The van der Waals surface area contributed by atoms with Crippen molar-refractivity contribution in [2.24, 2.45) is 10.9 Å². The van der Waals surface area contributed by atoms with Gasteiger partial charge in [0.25, 0.3) is 0 Å². The van der Waals surface area contributed by atoms with Crippen LogP contribution in [-0.2, 0) is 6.54 Å². The Morgan fingerprint density at radius 2 is 2.47 bits per heavy atom. The molecule has 1 aromatic heterocycles. The Labute approximate surface area is 106 Å². The predicted molar refractivity (Wildman–Crippen MR) is 71.2 cm³/mol. The lowest BCUT2D eigenvalue weighted by atomic mass is 10.1. The Morgan fingerprint density at radius 1 is 1.65 bits per heavy atom. The molecule has 1 N–H and O–H groups in total. The van der Waals surface area contributed by atoms with Gasteiger partial charge < -0.3 is 9.84 Å². The molecule has 0 radical (unpaired) electrons. The summed E-state index contributed by atoms with van der Waals surface area (Å²) in [7, 11) is 0. The highest BCUT2D eigenvalue weighted by Crippen LogP contribution is 2.19. The van der Waals surface area contributed by atoms with Crippen molar-refractivity contribution < 1.29 is 4.52 Å². The number of aliphatic imine (C=N–C) groups is 1. The largest absolute Gasteiger partial charge is 0.361 e. The summed E-state index contributed by atoms with van der Waals surface area (Å²) in [6.45, 7) is 6.99. The van der Waals surface area contributed by atoms with Crippen LogP contribution < -0.4 is 5.32 Å². The number of hydrogen-bond donors (Lipinski definition) is 1. The summed E-state index contributed by atoms with van der Waals surface area (Å²) in [5.41, 5.74) is 0.907. The Bertz CT molecular complexity index is 400. The Kier molecular flexibility index (Phi) is 4.10. The maximum atomic E-state index is 5.12. The quantitative estimate of drug-likeness (QED) is 0.896. The maximum Gasteiger partial charge on any atom is 0.158 e. The number of nitrogens with one attached hydrogen (secondary N) is 1. The molecule has 0 aliphatic carbocycles. The van der Waals surface area contributed by atoms with Crippen LogP contribution in [0.2, 0.25) is 0 Å². The van der Waals surface area contributed by atoms with Crippen LogP contribution in [-0.4, -0.2) is 22.1 Å². The lowest BCUT2D eigenvalue weighted by Gasteiger charge is -2.11. The van der Waals surface area contributed by atoms with Gasteiger partial charge in [-0.05, 0) is 19.3 Å². The molecule has 0 aromatic carbocycles. The summed E-state index contributed by atoms with van der Waals surface area (Å²) in [6, 6.07) is 2.49. The van der Waals surface area contributed by atoms with Crippen LogP contribution in [0.15, 0.2) is 15.6 Å². The summed E-state index contributed by atoms with van der Waals surface area (Å²) >= 11 is 1.80. The molecule has 94 valence electrons. The van der Waals surface area contributed by atoms with Crippen LogP contribution in [0.25, 0.3) is 0 Å². The lowest BCUT2D eigenvalue weighted by molar-refractivity contribution is 0.381. The fraction of sp³-hybridized carbons (Fsp3) is 0.667. The Hall–Kier alpha value is -0.970. The number of aryl methyl sites for hydroxylation is 1. The van der Waals surface area contributed by atoms with Gasteiger partial charge in [0.05, 0.1) is 5.69 Å². The first kappa shape index (κ1) is 12.5. The van der Waals surface area contributed by atoms with E-state index in [-0.39, 0.29) is 0 Å². The number of nitrogens with zero attached hydrogens (tertiary/aromatic N) is 2. The second-order valence-electron chi connectivity index (χ2n) is 4.84. The normalized spacial score (nSPS) is 22.4. The van der Waals surface area contributed by atoms with E-state index >= 15 is 0 Å². The van der Waals surface area contributed by atoms with Crippen LogP contribution in [0.5, 0.6) is 0 Å². The van der Waals surface area contributed by atoms with Crippen LogP contribution in [0.3, 0.4) is 0 Å². The molecule has 1 fully saturated rings. The molecular weight excluding hydrogens is 234 g/mol. The molecule has 1 aliphatic rings. The number of amidine groups is 1. The Balaban J connectivity index is 1.83. The van der Waals surface area contributed by atoms with Gasteiger partial charge in [0, 0.05) is 17.9 Å². The van der Waals surface area contributed by atoms with Gasteiger partial charge in [0.1, 0.15) is 6.54 Å². The lowest BCUT2D eigenvalue weighted by Crippen LogP contribution is -2.28. The van der Waals surface area contributed by atoms with Crippen molar-refractivity contribution in [3.05, 3.63) is 17.5 Å². The fourth-order valence-electron chi connectivity index (χ4n) is 1.87. The number of thioether (sulfide) groups is 1. The average molecular weight is 253 g/mol. The minimum atomic E-state index is 0.565. The van der Waals surface area contributed by atoms with Crippen molar-refractivity contribution in [3.63, 3.8) is 0 Å². The number of aromatic nitrogens is 1. The molecule has 5 heteroatoms. The van der Waals surface area contributed by atoms with Crippen LogP contribution >= 0.6 is 11.8 Å². The van der Waals surface area contributed by atoms with Crippen molar-refractivity contribution in [2.45, 2.75) is 39.8 Å². The zero-order chi connectivity index (χ0) is 12.3. The molecule has 0 spiro atoms. The van der Waals surface area contributed by atoms with Gasteiger partial charge in [0.2, 0.25) is 0 Å². The molecule has 1 aromatic rings. The third-order valence-electron chi connectivity index (χ3n) is 2.56. The van der Waals surface area contributed by atoms with Gasteiger partial charge in [-0.15, -0.1) is 0 Å². The van der Waals surface area contributed by atoms with E-state index < -0.39 is 0 Å².